The Morgan fingerprint density at radius 2 is 2.00 bits per heavy atom. The number of piperidine rings is 1. The molecule has 0 bridgehead atoms. The number of fused-ring (bicyclic) bond motifs is 1. The second-order valence-corrected chi connectivity index (χ2v) is 8.47. The number of likely N-dealkylation sites (tertiary alicyclic amines) is 1. The zero-order valence-corrected chi connectivity index (χ0v) is 17.9. The van der Waals surface area contributed by atoms with Crippen LogP contribution < -0.4 is 9.64 Å². The van der Waals surface area contributed by atoms with Crippen LogP contribution in [0.25, 0.3) is 5.65 Å². The Labute approximate surface area is 181 Å². The fraction of sp³-hybridized carbons (Fsp3) is 0.478. The van der Waals surface area contributed by atoms with Crippen molar-refractivity contribution in [3.05, 3.63) is 48.3 Å². The molecular weight excluding hydrogens is 392 g/mol. The van der Waals surface area contributed by atoms with Gasteiger partial charge in [-0.05, 0) is 61.9 Å². The van der Waals surface area contributed by atoms with Crippen molar-refractivity contribution in [2.24, 2.45) is 5.92 Å². The second-order valence-electron chi connectivity index (χ2n) is 8.47. The van der Waals surface area contributed by atoms with Crippen LogP contribution in [-0.2, 0) is 11.2 Å². The molecule has 0 aliphatic carbocycles. The number of ether oxygens (including phenoxy) is 1. The quantitative estimate of drug-likeness (QED) is 0.632. The summed E-state index contributed by atoms with van der Waals surface area (Å²) in [6, 6.07) is 12.4. The molecule has 8 nitrogen and oxygen atoms in total. The van der Waals surface area contributed by atoms with Gasteiger partial charge in [-0.1, -0.05) is 12.1 Å². The van der Waals surface area contributed by atoms with E-state index in [1.807, 2.05) is 24.3 Å². The molecule has 1 amide bonds. The maximum atomic E-state index is 13.4. The molecule has 0 saturated carbocycles. The Bertz CT molecular complexity index is 1060. The molecule has 5 rings (SSSR count). The number of methoxy groups -OCH3 is 1. The lowest BCUT2D eigenvalue weighted by atomic mass is 9.94. The number of nitrogens with zero attached hydrogens (tertiary/aromatic N) is 6. The lowest BCUT2D eigenvalue weighted by molar-refractivity contribution is -0.137. The predicted octanol–water partition coefficient (Wildman–Crippen LogP) is 2.58. The van der Waals surface area contributed by atoms with E-state index in [0.717, 1.165) is 69.0 Å². The molecule has 0 radical (unpaired) electrons. The van der Waals surface area contributed by atoms with E-state index < -0.39 is 0 Å². The molecule has 2 aliphatic rings. The van der Waals surface area contributed by atoms with E-state index in [-0.39, 0.29) is 12.0 Å². The van der Waals surface area contributed by atoms with E-state index in [9.17, 15) is 4.79 Å². The number of amides is 1. The second kappa shape index (κ2) is 8.53. The lowest BCUT2D eigenvalue weighted by Crippen LogP contribution is -2.45. The van der Waals surface area contributed by atoms with Crippen LogP contribution in [0.1, 0.15) is 31.2 Å². The maximum Gasteiger partial charge on any atom is 0.226 e. The van der Waals surface area contributed by atoms with Gasteiger partial charge in [-0.15, -0.1) is 15.3 Å². The van der Waals surface area contributed by atoms with Gasteiger partial charge in [-0.2, -0.15) is 4.52 Å². The minimum atomic E-state index is 0.0980. The minimum absolute atomic E-state index is 0.0980. The van der Waals surface area contributed by atoms with Gasteiger partial charge in [0.2, 0.25) is 5.91 Å². The van der Waals surface area contributed by atoms with Gasteiger partial charge >= 0.3 is 0 Å². The van der Waals surface area contributed by atoms with Crippen LogP contribution in [0.4, 0.5) is 5.82 Å². The van der Waals surface area contributed by atoms with E-state index >= 15 is 0 Å². The first kappa shape index (κ1) is 19.8. The van der Waals surface area contributed by atoms with E-state index in [0.29, 0.717) is 5.91 Å². The van der Waals surface area contributed by atoms with Gasteiger partial charge in [-0.3, -0.25) is 4.79 Å². The average molecular weight is 421 g/mol. The van der Waals surface area contributed by atoms with Crippen LogP contribution in [-0.4, -0.2) is 63.4 Å². The number of rotatable bonds is 5. The van der Waals surface area contributed by atoms with Crippen molar-refractivity contribution in [3.63, 3.8) is 0 Å². The topological polar surface area (TPSA) is 75.9 Å². The van der Waals surface area contributed by atoms with Gasteiger partial charge in [0, 0.05) is 31.6 Å². The molecule has 3 aromatic rings. The molecule has 0 spiro atoms. The number of hydrogen-bond acceptors (Lipinski definition) is 6. The molecule has 2 fully saturated rings. The van der Waals surface area contributed by atoms with Gasteiger partial charge < -0.3 is 14.5 Å². The maximum absolute atomic E-state index is 13.4. The number of carbonyl (C=O) groups is 1. The van der Waals surface area contributed by atoms with Crippen molar-refractivity contribution < 1.29 is 9.53 Å². The first-order chi connectivity index (χ1) is 15.2. The summed E-state index contributed by atoms with van der Waals surface area (Å²) < 4.78 is 7.05. The molecule has 0 N–H and O–H groups in total. The van der Waals surface area contributed by atoms with Crippen LogP contribution in [0.15, 0.2) is 42.7 Å². The highest BCUT2D eigenvalue weighted by Gasteiger charge is 2.35. The Morgan fingerprint density at radius 1 is 1.13 bits per heavy atom. The summed E-state index contributed by atoms with van der Waals surface area (Å²) in [5, 5.41) is 12.5. The summed E-state index contributed by atoms with van der Waals surface area (Å²) in [6.07, 6.45) is 6.40. The highest BCUT2D eigenvalue weighted by molar-refractivity contribution is 5.80. The Kier molecular flexibility index (Phi) is 5.44. The fourth-order valence-corrected chi connectivity index (χ4v) is 4.89. The number of aromatic nitrogens is 4. The minimum Gasteiger partial charge on any atom is -0.497 e. The van der Waals surface area contributed by atoms with Crippen LogP contribution in [0.2, 0.25) is 0 Å². The number of hydrogen-bond donors (Lipinski definition) is 0. The number of benzene rings is 1. The normalized spacial score (nSPS) is 19.8. The first-order valence-electron chi connectivity index (χ1n) is 11.1. The third-order valence-corrected chi connectivity index (χ3v) is 6.58. The molecule has 1 atom stereocenters. The lowest BCUT2D eigenvalue weighted by Gasteiger charge is -2.35. The molecule has 1 unspecified atom stereocenters. The Morgan fingerprint density at radius 3 is 2.84 bits per heavy atom. The standard InChI is InChI=1S/C23H28N6O2/c1-31-20-6-2-4-17(15-20)14-19-5-3-11-28(19)23(30)18-9-12-27(13-10-18)22-8-7-21-25-24-16-29(21)26-22/h2,4,6-8,15-16,18-19H,3,5,9-14H2,1H3. The zero-order chi connectivity index (χ0) is 21.2. The molecule has 8 heteroatoms. The SMILES string of the molecule is COc1cccc(CC2CCCN2C(=O)C2CCN(c3ccc4nncn4n3)CC2)c1. The van der Waals surface area contributed by atoms with E-state index in [1.54, 1.807) is 18.0 Å². The molecule has 4 heterocycles. The highest BCUT2D eigenvalue weighted by Crippen LogP contribution is 2.29. The molecule has 1 aromatic carbocycles. The van der Waals surface area contributed by atoms with Crippen molar-refractivity contribution in [3.8, 4) is 5.75 Å². The predicted molar refractivity (Wildman–Crippen MR) is 117 cm³/mol. The first-order valence-corrected chi connectivity index (χ1v) is 11.1. The third-order valence-electron chi connectivity index (χ3n) is 6.58. The average Bonchev–Trinajstić information content (AvgIpc) is 3.48. The van der Waals surface area contributed by atoms with Gasteiger partial charge in [-0.25, -0.2) is 0 Å². The number of anilines is 1. The summed E-state index contributed by atoms with van der Waals surface area (Å²) in [5.74, 6) is 2.21. The molecule has 2 aliphatic heterocycles. The molecule has 162 valence electrons. The van der Waals surface area contributed by atoms with Crippen LogP contribution in [0, 0.1) is 5.92 Å². The van der Waals surface area contributed by atoms with Crippen molar-refractivity contribution >= 4 is 17.4 Å². The van der Waals surface area contributed by atoms with Crippen LogP contribution in [0.3, 0.4) is 0 Å². The molecule has 2 saturated heterocycles. The summed E-state index contributed by atoms with van der Waals surface area (Å²) in [7, 11) is 1.69. The van der Waals surface area contributed by atoms with E-state index in [2.05, 4.69) is 37.2 Å². The van der Waals surface area contributed by atoms with Gasteiger partial charge in [0.1, 0.15) is 17.9 Å². The van der Waals surface area contributed by atoms with Gasteiger partial charge in [0.05, 0.1) is 7.11 Å². The summed E-state index contributed by atoms with van der Waals surface area (Å²) in [6.45, 7) is 2.55. The zero-order valence-electron chi connectivity index (χ0n) is 17.9. The molecule has 31 heavy (non-hydrogen) atoms. The largest absolute Gasteiger partial charge is 0.497 e. The van der Waals surface area contributed by atoms with Gasteiger partial charge in [0.15, 0.2) is 5.65 Å². The Balaban J connectivity index is 1.21. The van der Waals surface area contributed by atoms with Crippen molar-refractivity contribution in [2.75, 3.05) is 31.6 Å². The summed E-state index contributed by atoms with van der Waals surface area (Å²) >= 11 is 0. The van der Waals surface area contributed by atoms with Crippen LogP contribution in [0.5, 0.6) is 5.75 Å². The van der Waals surface area contributed by atoms with Crippen molar-refractivity contribution in [1.29, 1.82) is 0 Å². The summed E-state index contributed by atoms with van der Waals surface area (Å²) in [5.41, 5.74) is 1.97. The highest BCUT2D eigenvalue weighted by atomic mass is 16.5. The number of carbonyl (C=O) groups excluding carboxylic acids is 1. The van der Waals surface area contributed by atoms with Gasteiger partial charge in [0.25, 0.3) is 0 Å². The van der Waals surface area contributed by atoms with E-state index in [4.69, 9.17) is 4.74 Å². The summed E-state index contributed by atoms with van der Waals surface area (Å²) in [4.78, 5) is 17.7. The van der Waals surface area contributed by atoms with Crippen molar-refractivity contribution in [1.82, 2.24) is 24.7 Å². The van der Waals surface area contributed by atoms with E-state index in [1.165, 1.54) is 5.56 Å². The molecular formula is C23H28N6O2. The molecule has 2 aromatic heterocycles. The van der Waals surface area contributed by atoms with Crippen LogP contribution >= 0.6 is 0 Å². The smallest absolute Gasteiger partial charge is 0.226 e. The fourth-order valence-electron chi connectivity index (χ4n) is 4.89. The Hall–Kier alpha value is -3.16. The third kappa shape index (κ3) is 4.06. The van der Waals surface area contributed by atoms with Crippen molar-refractivity contribution in [2.45, 2.75) is 38.1 Å². The monoisotopic (exact) mass is 420 g/mol.